The molecule has 1 atom stereocenters. The number of benzene rings is 2. The average Bonchev–Trinajstić information content (AvgIpc) is 2.59. The first-order chi connectivity index (χ1) is 11.6. The molecule has 0 spiro atoms. The number of hydrogen-bond donors (Lipinski definition) is 2. The highest BCUT2D eigenvalue weighted by molar-refractivity contribution is 14.0. The third kappa shape index (κ3) is 6.99. The fourth-order valence-corrected chi connectivity index (χ4v) is 2.37. The number of aliphatic hydroxyl groups excluding tert-OH is 1. The molecule has 0 radical (unpaired) electrons. The number of halogens is 2. The van der Waals surface area contributed by atoms with E-state index >= 15 is 0 Å². The highest BCUT2D eigenvalue weighted by Crippen LogP contribution is 2.14. The summed E-state index contributed by atoms with van der Waals surface area (Å²) in [5, 5.41) is 13.4. The van der Waals surface area contributed by atoms with Crippen molar-refractivity contribution in [3.8, 4) is 0 Å². The van der Waals surface area contributed by atoms with Crippen molar-refractivity contribution in [2.45, 2.75) is 19.6 Å². The first-order valence-corrected chi connectivity index (χ1v) is 8.07. The molecule has 0 amide bonds. The van der Waals surface area contributed by atoms with E-state index in [1.54, 1.807) is 12.1 Å². The van der Waals surface area contributed by atoms with Crippen LogP contribution in [-0.4, -0.2) is 36.1 Å². The van der Waals surface area contributed by atoms with E-state index in [0.717, 1.165) is 19.0 Å². The number of nitrogens with one attached hydrogen (secondary N) is 1. The molecule has 0 aliphatic rings. The van der Waals surface area contributed by atoms with E-state index in [1.165, 1.54) is 17.7 Å². The van der Waals surface area contributed by atoms with Gasteiger partial charge >= 0.3 is 0 Å². The Balaban J connectivity index is 0.00000312. The van der Waals surface area contributed by atoms with E-state index < -0.39 is 6.10 Å². The number of guanidine groups is 1. The molecule has 1 unspecified atom stereocenters. The molecule has 136 valence electrons. The molecule has 2 aromatic rings. The predicted molar refractivity (Wildman–Crippen MR) is 111 cm³/mol. The SMILES string of the molecule is CCNC(=NCC(O)c1ccc(F)cc1)N(C)Cc1ccccc1.I. The first-order valence-electron chi connectivity index (χ1n) is 8.07. The summed E-state index contributed by atoms with van der Waals surface area (Å²) in [5.74, 6) is 0.410. The number of rotatable bonds is 6. The van der Waals surface area contributed by atoms with Crippen LogP contribution in [0.25, 0.3) is 0 Å². The summed E-state index contributed by atoms with van der Waals surface area (Å²) in [7, 11) is 1.96. The van der Waals surface area contributed by atoms with Crippen LogP contribution in [0.5, 0.6) is 0 Å². The van der Waals surface area contributed by atoms with Crippen molar-refractivity contribution in [2.75, 3.05) is 20.1 Å². The molecule has 0 bridgehead atoms. The van der Waals surface area contributed by atoms with Crippen molar-refractivity contribution in [3.63, 3.8) is 0 Å². The van der Waals surface area contributed by atoms with Crippen LogP contribution in [0.4, 0.5) is 4.39 Å². The highest BCUT2D eigenvalue weighted by atomic mass is 127. The number of nitrogens with zero attached hydrogens (tertiary/aromatic N) is 2. The Labute approximate surface area is 165 Å². The van der Waals surface area contributed by atoms with Gasteiger partial charge in [0.05, 0.1) is 12.6 Å². The molecule has 2 rings (SSSR count). The fraction of sp³-hybridized carbons (Fsp3) is 0.316. The molecule has 0 saturated carbocycles. The average molecular weight is 457 g/mol. The number of aliphatic imine (C=N–C) groups is 1. The number of hydrogen-bond acceptors (Lipinski definition) is 2. The third-order valence-electron chi connectivity index (χ3n) is 3.63. The fourth-order valence-electron chi connectivity index (χ4n) is 2.37. The molecule has 2 aromatic carbocycles. The maximum atomic E-state index is 13.0. The maximum absolute atomic E-state index is 13.0. The van der Waals surface area contributed by atoms with Gasteiger partial charge in [0.2, 0.25) is 0 Å². The second-order valence-corrected chi connectivity index (χ2v) is 5.60. The zero-order chi connectivity index (χ0) is 17.4. The van der Waals surface area contributed by atoms with Gasteiger partial charge in [-0.3, -0.25) is 4.99 Å². The quantitative estimate of drug-likeness (QED) is 0.396. The Morgan fingerprint density at radius 1 is 1.16 bits per heavy atom. The molecule has 4 nitrogen and oxygen atoms in total. The van der Waals surface area contributed by atoms with E-state index in [2.05, 4.69) is 22.4 Å². The van der Waals surface area contributed by atoms with Gasteiger partial charge in [0, 0.05) is 20.1 Å². The van der Waals surface area contributed by atoms with Crippen molar-refractivity contribution in [1.29, 1.82) is 0 Å². The van der Waals surface area contributed by atoms with Gasteiger partial charge in [-0.15, -0.1) is 24.0 Å². The van der Waals surface area contributed by atoms with Gasteiger partial charge < -0.3 is 15.3 Å². The van der Waals surface area contributed by atoms with E-state index in [4.69, 9.17) is 0 Å². The van der Waals surface area contributed by atoms with Gasteiger partial charge in [-0.1, -0.05) is 42.5 Å². The summed E-state index contributed by atoms with van der Waals surface area (Å²) in [6.45, 7) is 3.68. The monoisotopic (exact) mass is 457 g/mol. The Morgan fingerprint density at radius 2 is 1.80 bits per heavy atom. The van der Waals surface area contributed by atoms with Gasteiger partial charge in [-0.25, -0.2) is 4.39 Å². The predicted octanol–water partition coefficient (Wildman–Crippen LogP) is 3.57. The van der Waals surface area contributed by atoms with Crippen molar-refractivity contribution in [1.82, 2.24) is 10.2 Å². The second kappa shape index (κ2) is 11.0. The first kappa shape index (κ1) is 21.4. The zero-order valence-electron chi connectivity index (χ0n) is 14.5. The lowest BCUT2D eigenvalue weighted by Gasteiger charge is -2.22. The Hall–Kier alpha value is -1.67. The smallest absolute Gasteiger partial charge is 0.194 e. The van der Waals surface area contributed by atoms with Crippen molar-refractivity contribution in [2.24, 2.45) is 4.99 Å². The topological polar surface area (TPSA) is 47.9 Å². The molecule has 0 heterocycles. The van der Waals surface area contributed by atoms with E-state index in [-0.39, 0.29) is 36.3 Å². The van der Waals surface area contributed by atoms with Gasteiger partial charge in [-0.05, 0) is 30.2 Å². The molecule has 0 aliphatic heterocycles. The van der Waals surface area contributed by atoms with Crippen LogP contribution in [0, 0.1) is 5.82 Å². The summed E-state index contributed by atoms with van der Waals surface area (Å²) in [6, 6.07) is 16.0. The summed E-state index contributed by atoms with van der Waals surface area (Å²) in [6.07, 6.45) is -0.760. The van der Waals surface area contributed by atoms with Gasteiger partial charge in [0.1, 0.15) is 5.82 Å². The van der Waals surface area contributed by atoms with E-state index in [0.29, 0.717) is 5.56 Å². The third-order valence-corrected chi connectivity index (χ3v) is 3.63. The van der Waals surface area contributed by atoms with Crippen LogP contribution in [0.1, 0.15) is 24.2 Å². The highest BCUT2D eigenvalue weighted by Gasteiger charge is 2.10. The summed E-state index contributed by atoms with van der Waals surface area (Å²) in [5.41, 5.74) is 1.84. The summed E-state index contributed by atoms with van der Waals surface area (Å²) < 4.78 is 13.0. The lowest BCUT2D eigenvalue weighted by molar-refractivity contribution is 0.186. The minimum atomic E-state index is -0.760. The maximum Gasteiger partial charge on any atom is 0.194 e. The molecule has 6 heteroatoms. The van der Waals surface area contributed by atoms with E-state index in [9.17, 15) is 9.50 Å². The lowest BCUT2D eigenvalue weighted by Crippen LogP contribution is -2.38. The normalized spacial score (nSPS) is 12.2. The molecule has 25 heavy (non-hydrogen) atoms. The van der Waals surface area contributed by atoms with Crippen LogP contribution in [0.3, 0.4) is 0 Å². The lowest BCUT2D eigenvalue weighted by atomic mass is 10.1. The molecule has 0 aromatic heterocycles. The van der Waals surface area contributed by atoms with Crippen LogP contribution in [-0.2, 0) is 6.54 Å². The summed E-state index contributed by atoms with van der Waals surface area (Å²) >= 11 is 0. The van der Waals surface area contributed by atoms with Gasteiger partial charge in [-0.2, -0.15) is 0 Å². The summed E-state index contributed by atoms with van der Waals surface area (Å²) in [4.78, 5) is 6.51. The largest absolute Gasteiger partial charge is 0.386 e. The van der Waals surface area contributed by atoms with Crippen molar-refractivity contribution >= 4 is 29.9 Å². The van der Waals surface area contributed by atoms with Gasteiger partial charge in [0.25, 0.3) is 0 Å². The Kier molecular flexibility index (Phi) is 9.44. The molecular weight excluding hydrogens is 432 g/mol. The van der Waals surface area contributed by atoms with Crippen molar-refractivity contribution < 1.29 is 9.50 Å². The van der Waals surface area contributed by atoms with Crippen LogP contribution in [0.2, 0.25) is 0 Å². The molecular formula is C19H25FIN3O. The minimum absolute atomic E-state index is 0. The molecule has 0 saturated heterocycles. The number of aliphatic hydroxyl groups is 1. The van der Waals surface area contributed by atoms with Crippen LogP contribution < -0.4 is 5.32 Å². The Bertz CT molecular complexity index is 649. The van der Waals surface area contributed by atoms with Crippen molar-refractivity contribution in [3.05, 3.63) is 71.5 Å². The van der Waals surface area contributed by atoms with Gasteiger partial charge in [0.15, 0.2) is 5.96 Å². The molecule has 2 N–H and O–H groups in total. The molecule has 0 fully saturated rings. The standard InChI is InChI=1S/C19H24FN3O.HI/c1-3-21-19(23(2)14-15-7-5-4-6-8-15)22-13-18(24)16-9-11-17(20)12-10-16;/h4-12,18,24H,3,13-14H2,1-2H3,(H,21,22);1H. The van der Waals surface area contributed by atoms with Crippen LogP contribution in [0.15, 0.2) is 59.6 Å². The molecule has 0 aliphatic carbocycles. The minimum Gasteiger partial charge on any atom is -0.386 e. The second-order valence-electron chi connectivity index (χ2n) is 5.60. The van der Waals surface area contributed by atoms with E-state index in [1.807, 2.05) is 37.1 Å². The van der Waals surface area contributed by atoms with Crippen LogP contribution >= 0.6 is 24.0 Å². The zero-order valence-corrected chi connectivity index (χ0v) is 16.9. The Morgan fingerprint density at radius 3 is 2.40 bits per heavy atom.